The van der Waals surface area contributed by atoms with Crippen LogP contribution < -0.4 is 10.6 Å². The second kappa shape index (κ2) is 11.0. The average Bonchev–Trinajstić information content (AvgIpc) is 3.24. The van der Waals surface area contributed by atoms with Gasteiger partial charge < -0.3 is 15.5 Å². The van der Waals surface area contributed by atoms with Crippen molar-refractivity contribution in [2.75, 3.05) is 39.3 Å². The molecule has 0 radical (unpaired) electrons. The fourth-order valence-corrected chi connectivity index (χ4v) is 2.87. The maximum atomic E-state index is 4.63. The number of guanidine groups is 1. The van der Waals surface area contributed by atoms with Gasteiger partial charge in [0, 0.05) is 38.6 Å². The molecule has 23 heavy (non-hydrogen) atoms. The standard InChI is InChI=1S/C17H32N6/c1-2-18-17(20-10-7-15-23-16-8-11-21-23)19-9-3-4-12-22-13-5-6-14-22/h8,11,16H,2-7,9-10,12-15H2,1H3,(H2,18,19,20). The largest absolute Gasteiger partial charge is 0.357 e. The summed E-state index contributed by atoms with van der Waals surface area (Å²) in [4.78, 5) is 7.21. The molecular formula is C17H32N6. The van der Waals surface area contributed by atoms with E-state index >= 15 is 0 Å². The molecule has 0 aliphatic carbocycles. The summed E-state index contributed by atoms with van der Waals surface area (Å²) in [5.74, 6) is 0.939. The third-order valence-corrected chi connectivity index (χ3v) is 4.11. The first kappa shape index (κ1) is 17.8. The Hall–Kier alpha value is -1.56. The van der Waals surface area contributed by atoms with E-state index in [0.717, 1.165) is 38.6 Å². The predicted octanol–water partition coefficient (Wildman–Crippen LogP) is 1.70. The van der Waals surface area contributed by atoms with Crippen LogP contribution in [0.3, 0.4) is 0 Å². The van der Waals surface area contributed by atoms with E-state index in [1.165, 1.54) is 45.3 Å². The van der Waals surface area contributed by atoms with Gasteiger partial charge in [-0.15, -0.1) is 0 Å². The van der Waals surface area contributed by atoms with Gasteiger partial charge in [0.1, 0.15) is 0 Å². The molecule has 1 fully saturated rings. The van der Waals surface area contributed by atoms with Crippen molar-refractivity contribution in [1.29, 1.82) is 0 Å². The summed E-state index contributed by atoms with van der Waals surface area (Å²) in [6.07, 6.45) is 10.1. The van der Waals surface area contributed by atoms with Crippen molar-refractivity contribution in [1.82, 2.24) is 25.3 Å². The van der Waals surface area contributed by atoms with Gasteiger partial charge >= 0.3 is 0 Å². The Labute approximate surface area is 140 Å². The summed E-state index contributed by atoms with van der Waals surface area (Å²) >= 11 is 0. The Bertz CT molecular complexity index is 422. The number of hydrogen-bond donors (Lipinski definition) is 2. The van der Waals surface area contributed by atoms with Gasteiger partial charge in [-0.25, -0.2) is 0 Å². The minimum absolute atomic E-state index is 0.822. The molecule has 1 aromatic rings. The van der Waals surface area contributed by atoms with Crippen molar-refractivity contribution in [2.45, 2.75) is 45.6 Å². The molecule has 130 valence electrons. The normalized spacial score (nSPS) is 16.0. The highest BCUT2D eigenvalue weighted by Gasteiger charge is 2.09. The molecule has 1 saturated heterocycles. The van der Waals surface area contributed by atoms with E-state index in [2.05, 4.69) is 32.5 Å². The predicted molar refractivity (Wildman–Crippen MR) is 95.7 cm³/mol. The number of nitrogens with one attached hydrogen (secondary N) is 2. The van der Waals surface area contributed by atoms with Gasteiger partial charge in [-0.1, -0.05) is 0 Å². The fourth-order valence-electron chi connectivity index (χ4n) is 2.87. The van der Waals surface area contributed by atoms with Gasteiger partial charge in [-0.05, 0) is 64.7 Å². The molecule has 2 rings (SSSR count). The minimum Gasteiger partial charge on any atom is -0.357 e. The SMILES string of the molecule is CCNC(=NCCCn1cccn1)NCCCCN1CCCC1. The number of nitrogens with zero attached hydrogens (tertiary/aromatic N) is 4. The second-order valence-corrected chi connectivity index (χ2v) is 6.07. The van der Waals surface area contributed by atoms with E-state index in [-0.39, 0.29) is 0 Å². The molecule has 0 amide bonds. The molecule has 1 aliphatic rings. The van der Waals surface area contributed by atoms with Gasteiger partial charge in [-0.3, -0.25) is 9.67 Å². The van der Waals surface area contributed by atoms with Crippen molar-refractivity contribution in [3.05, 3.63) is 18.5 Å². The fraction of sp³-hybridized carbons (Fsp3) is 0.765. The maximum Gasteiger partial charge on any atom is 0.191 e. The number of likely N-dealkylation sites (tertiary alicyclic amines) is 1. The maximum absolute atomic E-state index is 4.63. The van der Waals surface area contributed by atoms with Gasteiger partial charge in [0.15, 0.2) is 5.96 Å². The number of aryl methyl sites for hydroxylation is 1. The van der Waals surface area contributed by atoms with E-state index in [0.29, 0.717) is 0 Å². The molecule has 0 spiro atoms. The summed E-state index contributed by atoms with van der Waals surface area (Å²) in [5, 5.41) is 11.0. The quantitative estimate of drug-likeness (QED) is 0.391. The summed E-state index contributed by atoms with van der Waals surface area (Å²) < 4.78 is 1.95. The van der Waals surface area contributed by atoms with Crippen LogP contribution in [0.4, 0.5) is 0 Å². The molecule has 2 heterocycles. The summed E-state index contributed by atoms with van der Waals surface area (Å²) in [7, 11) is 0. The first-order valence-corrected chi connectivity index (χ1v) is 9.10. The zero-order valence-corrected chi connectivity index (χ0v) is 14.5. The Kier molecular flexibility index (Phi) is 8.55. The van der Waals surface area contributed by atoms with E-state index < -0.39 is 0 Å². The van der Waals surface area contributed by atoms with Crippen molar-refractivity contribution in [2.24, 2.45) is 4.99 Å². The summed E-state index contributed by atoms with van der Waals surface area (Å²) in [5.41, 5.74) is 0. The van der Waals surface area contributed by atoms with Crippen LogP contribution in [0.2, 0.25) is 0 Å². The number of aromatic nitrogens is 2. The van der Waals surface area contributed by atoms with Gasteiger partial charge in [0.05, 0.1) is 0 Å². The van der Waals surface area contributed by atoms with Crippen molar-refractivity contribution in [3.8, 4) is 0 Å². The lowest BCUT2D eigenvalue weighted by Gasteiger charge is -2.15. The van der Waals surface area contributed by atoms with Crippen LogP contribution in [0.5, 0.6) is 0 Å². The van der Waals surface area contributed by atoms with Gasteiger partial charge in [0.2, 0.25) is 0 Å². The molecule has 0 bridgehead atoms. The lowest BCUT2D eigenvalue weighted by molar-refractivity contribution is 0.330. The molecule has 0 aromatic carbocycles. The highest BCUT2D eigenvalue weighted by molar-refractivity contribution is 5.79. The topological polar surface area (TPSA) is 57.5 Å². The van der Waals surface area contributed by atoms with Crippen molar-refractivity contribution in [3.63, 3.8) is 0 Å². The molecule has 6 heteroatoms. The van der Waals surface area contributed by atoms with E-state index in [4.69, 9.17) is 0 Å². The second-order valence-electron chi connectivity index (χ2n) is 6.07. The molecule has 6 nitrogen and oxygen atoms in total. The lowest BCUT2D eigenvalue weighted by atomic mass is 10.3. The first-order valence-electron chi connectivity index (χ1n) is 9.10. The molecule has 2 N–H and O–H groups in total. The van der Waals surface area contributed by atoms with E-state index in [1.54, 1.807) is 0 Å². The molecule has 0 saturated carbocycles. The molecule has 1 aromatic heterocycles. The first-order chi connectivity index (χ1) is 11.4. The highest BCUT2D eigenvalue weighted by Crippen LogP contribution is 2.07. The molecule has 1 aliphatic heterocycles. The Balaban J connectivity index is 1.55. The zero-order chi connectivity index (χ0) is 16.2. The summed E-state index contributed by atoms with van der Waals surface area (Å²) in [6.45, 7) is 9.60. The monoisotopic (exact) mass is 320 g/mol. The van der Waals surface area contributed by atoms with Crippen LogP contribution in [-0.4, -0.2) is 59.9 Å². The van der Waals surface area contributed by atoms with Crippen LogP contribution in [-0.2, 0) is 6.54 Å². The third kappa shape index (κ3) is 7.50. The molecular weight excluding hydrogens is 288 g/mol. The van der Waals surface area contributed by atoms with E-state index in [9.17, 15) is 0 Å². The van der Waals surface area contributed by atoms with Crippen molar-refractivity contribution < 1.29 is 0 Å². The smallest absolute Gasteiger partial charge is 0.191 e. The molecule has 0 unspecified atom stereocenters. The number of hydrogen-bond acceptors (Lipinski definition) is 3. The Morgan fingerprint density at radius 3 is 2.74 bits per heavy atom. The average molecular weight is 320 g/mol. The molecule has 0 atom stereocenters. The Morgan fingerprint density at radius 1 is 1.13 bits per heavy atom. The van der Waals surface area contributed by atoms with Crippen molar-refractivity contribution >= 4 is 5.96 Å². The van der Waals surface area contributed by atoms with Crippen LogP contribution >= 0.6 is 0 Å². The van der Waals surface area contributed by atoms with E-state index in [1.807, 2.05) is 23.1 Å². The van der Waals surface area contributed by atoms with Gasteiger partial charge in [-0.2, -0.15) is 5.10 Å². The van der Waals surface area contributed by atoms with Crippen LogP contribution in [0.1, 0.15) is 39.0 Å². The van der Waals surface area contributed by atoms with Gasteiger partial charge in [0.25, 0.3) is 0 Å². The number of rotatable bonds is 10. The van der Waals surface area contributed by atoms with Crippen LogP contribution in [0.25, 0.3) is 0 Å². The van der Waals surface area contributed by atoms with Crippen LogP contribution in [0, 0.1) is 0 Å². The Morgan fingerprint density at radius 2 is 2.00 bits per heavy atom. The number of aliphatic imine (C=N–C) groups is 1. The summed E-state index contributed by atoms with van der Waals surface area (Å²) in [6, 6.07) is 1.96. The zero-order valence-electron chi connectivity index (χ0n) is 14.5. The third-order valence-electron chi connectivity index (χ3n) is 4.11. The number of unbranched alkanes of at least 4 members (excludes halogenated alkanes) is 1. The van der Waals surface area contributed by atoms with Crippen LogP contribution in [0.15, 0.2) is 23.5 Å². The minimum atomic E-state index is 0.822. The lowest BCUT2D eigenvalue weighted by Crippen LogP contribution is -2.38. The highest BCUT2D eigenvalue weighted by atomic mass is 15.3.